The number of ether oxygens (including phenoxy) is 4. The van der Waals surface area contributed by atoms with Crippen LogP contribution in [0.15, 0.2) is 30.5 Å². The SMILES string of the molecule is CC#CCc1nn(Cc2ccc(OCC3(C(F)(F)F)OCCO3)cc2)cc1C(=O)OCC. The van der Waals surface area contributed by atoms with E-state index in [1.807, 2.05) is 0 Å². The number of hydrogen-bond acceptors (Lipinski definition) is 6. The van der Waals surface area contributed by atoms with Crippen LogP contribution < -0.4 is 4.74 Å². The van der Waals surface area contributed by atoms with Crippen molar-refractivity contribution in [3.8, 4) is 17.6 Å². The van der Waals surface area contributed by atoms with Crippen molar-refractivity contribution in [2.24, 2.45) is 0 Å². The summed E-state index contributed by atoms with van der Waals surface area (Å²) in [5.41, 5.74) is 1.68. The molecule has 1 aromatic heterocycles. The van der Waals surface area contributed by atoms with Gasteiger partial charge in [-0.1, -0.05) is 18.1 Å². The van der Waals surface area contributed by atoms with E-state index < -0.39 is 24.5 Å². The molecule has 172 valence electrons. The first-order chi connectivity index (χ1) is 15.3. The molecule has 0 bridgehead atoms. The van der Waals surface area contributed by atoms with E-state index >= 15 is 0 Å². The van der Waals surface area contributed by atoms with Crippen molar-refractivity contribution in [1.82, 2.24) is 9.78 Å². The van der Waals surface area contributed by atoms with Crippen LogP contribution in [-0.2, 0) is 27.2 Å². The molecule has 0 spiro atoms. The first-order valence-corrected chi connectivity index (χ1v) is 9.97. The Hall–Kier alpha value is -3.03. The summed E-state index contributed by atoms with van der Waals surface area (Å²) in [6.45, 7) is 2.91. The molecule has 0 atom stereocenters. The molecule has 2 heterocycles. The summed E-state index contributed by atoms with van der Waals surface area (Å²) in [5, 5.41) is 4.42. The Kier molecular flexibility index (Phi) is 7.43. The molecular formula is C22H23F3N2O5. The van der Waals surface area contributed by atoms with Gasteiger partial charge in [-0.2, -0.15) is 18.3 Å². The number of halogens is 3. The molecule has 1 saturated heterocycles. The molecule has 2 aromatic rings. The molecule has 0 N–H and O–H groups in total. The lowest BCUT2D eigenvalue weighted by Gasteiger charge is -2.29. The van der Waals surface area contributed by atoms with Crippen molar-refractivity contribution in [1.29, 1.82) is 0 Å². The summed E-state index contributed by atoms with van der Waals surface area (Å²) < 4.78 is 61.3. The van der Waals surface area contributed by atoms with Gasteiger partial charge in [0, 0.05) is 6.20 Å². The summed E-state index contributed by atoms with van der Waals surface area (Å²) in [6.07, 6.45) is -2.80. The highest BCUT2D eigenvalue weighted by Crippen LogP contribution is 2.38. The van der Waals surface area contributed by atoms with Crippen molar-refractivity contribution in [2.75, 3.05) is 26.4 Å². The van der Waals surface area contributed by atoms with E-state index in [-0.39, 0.29) is 25.6 Å². The van der Waals surface area contributed by atoms with Crippen molar-refractivity contribution in [2.45, 2.75) is 38.8 Å². The summed E-state index contributed by atoms with van der Waals surface area (Å²) in [4.78, 5) is 12.2. The Morgan fingerprint density at radius 2 is 1.94 bits per heavy atom. The van der Waals surface area contributed by atoms with E-state index in [9.17, 15) is 18.0 Å². The second-order valence-corrected chi connectivity index (χ2v) is 6.89. The highest BCUT2D eigenvalue weighted by atomic mass is 19.4. The minimum Gasteiger partial charge on any atom is -0.488 e. The van der Waals surface area contributed by atoms with Gasteiger partial charge in [-0.15, -0.1) is 5.92 Å². The predicted octanol–water partition coefficient (Wildman–Crippen LogP) is 3.36. The van der Waals surface area contributed by atoms with Gasteiger partial charge in [-0.05, 0) is 31.5 Å². The van der Waals surface area contributed by atoms with Gasteiger partial charge in [-0.3, -0.25) is 4.68 Å². The summed E-state index contributed by atoms with van der Waals surface area (Å²) in [6, 6.07) is 6.49. The van der Waals surface area contributed by atoms with E-state index in [1.54, 1.807) is 49.0 Å². The average Bonchev–Trinajstić information content (AvgIpc) is 3.39. The Morgan fingerprint density at radius 3 is 2.53 bits per heavy atom. The minimum atomic E-state index is -4.71. The number of carbonyl (C=O) groups is 1. The quantitative estimate of drug-likeness (QED) is 0.452. The lowest BCUT2D eigenvalue weighted by Crippen LogP contribution is -2.51. The van der Waals surface area contributed by atoms with Gasteiger partial charge in [0.25, 0.3) is 0 Å². The van der Waals surface area contributed by atoms with E-state index in [2.05, 4.69) is 16.9 Å². The number of aromatic nitrogens is 2. The fourth-order valence-electron chi connectivity index (χ4n) is 3.06. The van der Waals surface area contributed by atoms with Gasteiger partial charge >= 0.3 is 17.9 Å². The third-order valence-corrected chi connectivity index (χ3v) is 4.65. The summed E-state index contributed by atoms with van der Waals surface area (Å²) in [5.74, 6) is 2.68. The third-order valence-electron chi connectivity index (χ3n) is 4.65. The Morgan fingerprint density at radius 1 is 1.25 bits per heavy atom. The lowest BCUT2D eigenvalue weighted by atomic mass is 10.2. The third kappa shape index (κ3) is 5.41. The molecular weight excluding hydrogens is 429 g/mol. The van der Waals surface area contributed by atoms with Crippen LogP contribution in [0.2, 0.25) is 0 Å². The molecule has 0 unspecified atom stereocenters. The molecule has 0 saturated carbocycles. The number of carbonyl (C=O) groups excluding carboxylic acids is 1. The van der Waals surface area contributed by atoms with Crippen LogP contribution in [0.25, 0.3) is 0 Å². The fraction of sp³-hybridized carbons (Fsp3) is 0.455. The van der Waals surface area contributed by atoms with Gasteiger partial charge in [-0.25, -0.2) is 4.79 Å². The maximum Gasteiger partial charge on any atom is 0.447 e. The van der Waals surface area contributed by atoms with Crippen LogP contribution in [0.4, 0.5) is 13.2 Å². The van der Waals surface area contributed by atoms with Crippen LogP contribution >= 0.6 is 0 Å². The van der Waals surface area contributed by atoms with E-state index in [0.29, 0.717) is 24.2 Å². The molecule has 1 aliphatic heterocycles. The largest absolute Gasteiger partial charge is 0.488 e. The fourth-order valence-corrected chi connectivity index (χ4v) is 3.06. The number of alkyl halides is 3. The Balaban J connectivity index is 1.67. The van der Waals surface area contributed by atoms with Crippen LogP contribution in [0.3, 0.4) is 0 Å². The number of benzene rings is 1. The van der Waals surface area contributed by atoms with Gasteiger partial charge in [0.05, 0.1) is 38.5 Å². The molecule has 1 fully saturated rings. The normalized spacial score (nSPS) is 15.2. The van der Waals surface area contributed by atoms with Crippen LogP contribution in [0, 0.1) is 11.8 Å². The molecule has 0 radical (unpaired) electrons. The topological polar surface area (TPSA) is 71.8 Å². The van der Waals surface area contributed by atoms with Crippen molar-refractivity contribution in [3.05, 3.63) is 47.3 Å². The predicted molar refractivity (Wildman–Crippen MR) is 107 cm³/mol. The molecule has 0 amide bonds. The monoisotopic (exact) mass is 452 g/mol. The molecule has 0 aliphatic carbocycles. The number of esters is 1. The van der Waals surface area contributed by atoms with Crippen LogP contribution in [0.5, 0.6) is 5.75 Å². The molecule has 1 aromatic carbocycles. The number of hydrogen-bond donors (Lipinski definition) is 0. The number of rotatable bonds is 8. The summed E-state index contributed by atoms with van der Waals surface area (Å²) in [7, 11) is 0. The Labute approximate surface area is 183 Å². The second-order valence-electron chi connectivity index (χ2n) is 6.89. The second kappa shape index (κ2) is 10.1. The van der Waals surface area contributed by atoms with Crippen molar-refractivity contribution >= 4 is 5.97 Å². The molecule has 10 heteroatoms. The van der Waals surface area contributed by atoms with Crippen molar-refractivity contribution in [3.63, 3.8) is 0 Å². The van der Waals surface area contributed by atoms with Gasteiger partial charge in [0.15, 0.2) is 6.61 Å². The molecule has 32 heavy (non-hydrogen) atoms. The van der Waals surface area contributed by atoms with E-state index in [0.717, 1.165) is 5.56 Å². The highest BCUT2D eigenvalue weighted by Gasteiger charge is 2.61. The summed E-state index contributed by atoms with van der Waals surface area (Å²) >= 11 is 0. The zero-order chi connectivity index (χ0) is 23.2. The van der Waals surface area contributed by atoms with Crippen LogP contribution in [0.1, 0.15) is 35.5 Å². The molecule has 1 aliphatic rings. The lowest BCUT2D eigenvalue weighted by molar-refractivity contribution is -0.350. The maximum absolute atomic E-state index is 13.3. The standard InChI is InChI=1S/C22H23F3N2O5/c1-3-5-6-19-18(20(28)29-4-2)14-27(26-19)13-16-7-9-17(10-8-16)30-15-21(22(23,24)25)31-11-12-32-21/h7-10,14H,4,6,11-13,15H2,1-2H3. The Bertz CT molecular complexity index is 984. The molecule has 3 rings (SSSR count). The highest BCUT2D eigenvalue weighted by molar-refractivity contribution is 5.90. The van der Waals surface area contributed by atoms with E-state index in [1.165, 1.54) is 0 Å². The minimum absolute atomic E-state index is 0.148. The zero-order valence-corrected chi connectivity index (χ0v) is 17.7. The molecule has 7 nitrogen and oxygen atoms in total. The first-order valence-electron chi connectivity index (χ1n) is 9.97. The average molecular weight is 452 g/mol. The zero-order valence-electron chi connectivity index (χ0n) is 17.7. The van der Waals surface area contributed by atoms with Crippen LogP contribution in [-0.4, -0.2) is 54.1 Å². The van der Waals surface area contributed by atoms with Gasteiger partial charge in [0.1, 0.15) is 11.3 Å². The first kappa shape index (κ1) is 23.6. The maximum atomic E-state index is 13.3. The van der Waals surface area contributed by atoms with Gasteiger partial charge in [0.2, 0.25) is 0 Å². The van der Waals surface area contributed by atoms with E-state index in [4.69, 9.17) is 18.9 Å². The number of nitrogens with zero attached hydrogens (tertiary/aromatic N) is 2. The van der Waals surface area contributed by atoms with Crippen molar-refractivity contribution < 1.29 is 36.9 Å². The van der Waals surface area contributed by atoms with Gasteiger partial charge < -0.3 is 18.9 Å². The smallest absolute Gasteiger partial charge is 0.447 e.